The number of aromatic carboxylic acids is 1. The number of carboxylic acid groups (broad SMARTS) is 1. The van der Waals surface area contributed by atoms with Crippen molar-refractivity contribution in [2.45, 2.75) is 13.3 Å². The number of imidazole rings is 1. The molecule has 0 bridgehead atoms. The predicted molar refractivity (Wildman–Crippen MR) is 71.5 cm³/mol. The van der Waals surface area contributed by atoms with E-state index in [4.69, 9.17) is 5.11 Å². The van der Waals surface area contributed by atoms with Gasteiger partial charge in [0.1, 0.15) is 6.33 Å². The molecule has 98 valence electrons. The Balaban J connectivity index is 0.00000110. The van der Waals surface area contributed by atoms with Crippen molar-refractivity contribution in [2.75, 3.05) is 0 Å². The van der Waals surface area contributed by atoms with Gasteiger partial charge in [0.15, 0.2) is 11.3 Å². The number of nitrogens with zero attached hydrogens (tertiary/aromatic N) is 4. The van der Waals surface area contributed by atoms with Crippen LogP contribution < -0.4 is 29.6 Å². The van der Waals surface area contributed by atoms with Crippen LogP contribution in [0, 0.1) is 0 Å². The molecule has 0 saturated carbocycles. The minimum atomic E-state index is -1.07. The molecule has 0 atom stereocenters. The minimum absolute atomic E-state index is 0. The molecule has 0 spiro atoms. The van der Waals surface area contributed by atoms with Crippen LogP contribution in [0.3, 0.4) is 0 Å². The summed E-state index contributed by atoms with van der Waals surface area (Å²) in [5.74, 6) is -1.07. The van der Waals surface area contributed by atoms with E-state index in [0.29, 0.717) is 5.65 Å². The van der Waals surface area contributed by atoms with Crippen LogP contribution >= 0.6 is 11.5 Å². The van der Waals surface area contributed by atoms with Crippen molar-refractivity contribution in [1.29, 1.82) is 0 Å². The van der Waals surface area contributed by atoms with E-state index in [1.54, 1.807) is 10.6 Å². The van der Waals surface area contributed by atoms with Crippen molar-refractivity contribution in [3.8, 4) is 10.6 Å². The molecule has 8 heteroatoms. The first kappa shape index (κ1) is 15.1. The van der Waals surface area contributed by atoms with Crippen LogP contribution in [0.1, 0.15) is 24.5 Å². The predicted octanol–water partition coefficient (Wildman–Crippen LogP) is -0.770. The summed E-state index contributed by atoms with van der Waals surface area (Å²) in [6.45, 7) is 2.01. The summed E-state index contributed by atoms with van der Waals surface area (Å²) in [5, 5.41) is 9.13. The van der Waals surface area contributed by atoms with Crippen LogP contribution in [0.4, 0.5) is 0 Å². The maximum absolute atomic E-state index is 11.1. The molecular weight excluding hydrogens is 287 g/mol. The van der Waals surface area contributed by atoms with Crippen LogP contribution in [0.5, 0.6) is 0 Å². The van der Waals surface area contributed by atoms with Crippen molar-refractivity contribution in [1.82, 2.24) is 18.7 Å². The van der Waals surface area contributed by atoms with Gasteiger partial charge < -0.3 is 6.53 Å². The van der Waals surface area contributed by atoms with Crippen LogP contribution in [-0.4, -0.2) is 29.8 Å². The van der Waals surface area contributed by atoms with Gasteiger partial charge in [-0.05, 0) is 30.1 Å². The molecule has 3 aromatic heterocycles. The molecule has 0 aromatic carbocycles. The normalized spacial score (nSPS) is 10.4. The van der Waals surface area contributed by atoms with E-state index in [2.05, 4.69) is 14.3 Å². The Bertz CT molecular complexity index is 760. The van der Waals surface area contributed by atoms with Crippen LogP contribution in [0.2, 0.25) is 0 Å². The maximum atomic E-state index is 11.1. The molecule has 20 heavy (non-hydrogen) atoms. The molecule has 3 heterocycles. The summed E-state index contributed by atoms with van der Waals surface area (Å²) in [7, 11) is 0. The Morgan fingerprint density at radius 1 is 1.55 bits per heavy atom. The largest absolute Gasteiger partial charge is 1.00 e. The van der Waals surface area contributed by atoms with E-state index in [1.165, 1.54) is 17.9 Å². The molecule has 6 nitrogen and oxygen atoms in total. The Morgan fingerprint density at radius 2 is 2.35 bits per heavy atom. The van der Waals surface area contributed by atoms with Crippen molar-refractivity contribution < 1.29 is 40.9 Å². The third kappa shape index (κ3) is 2.49. The Hall–Kier alpha value is -1.28. The number of aromatic nitrogens is 4. The summed E-state index contributed by atoms with van der Waals surface area (Å²) < 4.78 is 5.76. The third-order valence-corrected chi connectivity index (χ3v) is 3.61. The zero-order chi connectivity index (χ0) is 13.4. The minimum Gasteiger partial charge on any atom is -1.00 e. The maximum Gasteiger partial charge on any atom is 1.00 e. The summed E-state index contributed by atoms with van der Waals surface area (Å²) in [4.78, 5) is 20.4. The fourth-order valence-electron chi connectivity index (χ4n) is 1.93. The van der Waals surface area contributed by atoms with Gasteiger partial charge in [-0.25, -0.2) is 19.1 Å². The molecule has 1 N–H and O–H groups in total. The number of fused-ring (bicyclic) bond motifs is 1. The smallest absolute Gasteiger partial charge is 1.00 e. The second-order valence-corrected chi connectivity index (χ2v) is 4.79. The van der Waals surface area contributed by atoms with Gasteiger partial charge in [-0.15, -0.1) is 0 Å². The van der Waals surface area contributed by atoms with Crippen LogP contribution in [0.25, 0.3) is 16.2 Å². The van der Waals surface area contributed by atoms with Crippen molar-refractivity contribution >= 4 is 23.1 Å². The second-order valence-electron chi connectivity index (χ2n) is 3.95. The number of hydrogen-bond donors (Lipinski definition) is 1. The van der Waals surface area contributed by atoms with Gasteiger partial charge in [0.05, 0.1) is 10.6 Å². The van der Waals surface area contributed by atoms with Gasteiger partial charge in [0, 0.05) is 11.9 Å². The summed E-state index contributed by atoms with van der Waals surface area (Å²) in [6.07, 6.45) is 3.97. The molecule has 0 saturated heterocycles. The fourth-order valence-corrected chi connectivity index (χ4v) is 2.49. The van der Waals surface area contributed by atoms with Crippen LogP contribution in [0.15, 0.2) is 24.7 Å². The first-order valence-electron chi connectivity index (χ1n) is 5.72. The first-order valence-corrected chi connectivity index (χ1v) is 6.49. The second kappa shape index (κ2) is 6.01. The van der Waals surface area contributed by atoms with E-state index in [0.717, 1.165) is 22.7 Å². The van der Waals surface area contributed by atoms with Gasteiger partial charge >= 0.3 is 35.5 Å². The number of rotatable bonds is 3. The molecule has 0 aliphatic heterocycles. The van der Waals surface area contributed by atoms with Crippen LogP contribution in [-0.2, 0) is 6.42 Å². The van der Waals surface area contributed by atoms with E-state index in [9.17, 15) is 4.79 Å². The molecular formula is C12H11N4NaO2S. The molecule has 0 aliphatic carbocycles. The van der Waals surface area contributed by atoms with Crippen molar-refractivity contribution in [3.05, 3.63) is 36.0 Å². The zero-order valence-electron chi connectivity index (χ0n) is 12.1. The van der Waals surface area contributed by atoms with E-state index >= 15 is 0 Å². The molecule has 0 unspecified atom stereocenters. The number of hydrogen-bond acceptors (Lipinski definition) is 5. The Labute approximate surface area is 142 Å². The zero-order valence-corrected chi connectivity index (χ0v) is 13.9. The van der Waals surface area contributed by atoms with Gasteiger partial charge in [-0.1, -0.05) is 6.92 Å². The molecule has 0 fully saturated rings. The van der Waals surface area contributed by atoms with Crippen molar-refractivity contribution in [3.63, 3.8) is 0 Å². The quantitative estimate of drug-likeness (QED) is 0.642. The SMILES string of the molecule is CCc1cc(-c2ccns2)nc2c(C(=O)O)ncn12.[H-].[Na+]. The van der Waals surface area contributed by atoms with E-state index < -0.39 is 5.97 Å². The molecule has 0 radical (unpaired) electrons. The monoisotopic (exact) mass is 298 g/mol. The standard InChI is InChI=1S/C12H10N4O2S.Na.H/c1-2-7-5-8(9-3-4-14-19-9)15-11-10(12(17)18)13-6-16(7)11;;/h3-6H,2H2,1H3,(H,17,18);;/q;+1;-1. The number of aryl methyl sites for hydroxylation is 1. The topological polar surface area (TPSA) is 80.4 Å². The molecule has 0 amide bonds. The van der Waals surface area contributed by atoms with Gasteiger partial charge in [0.25, 0.3) is 0 Å². The molecule has 3 rings (SSSR count). The average Bonchev–Trinajstić information content (AvgIpc) is 3.06. The van der Waals surface area contributed by atoms with E-state index in [-0.39, 0.29) is 36.7 Å². The Morgan fingerprint density at radius 3 is 2.95 bits per heavy atom. The summed E-state index contributed by atoms with van der Waals surface area (Å²) in [6, 6.07) is 3.80. The summed E-state index contributed by atoms with van der Waals surface area (Å²) in [5.41, 5.74) is 2.04. The van der Waals surface area contributed by atoms with Gasteiger partial charge in [-0.3, -0.25) is 4.40 Å². The first-order chi connectivity index (χ1) is 9.20. The van der Waals surface area contributed by atoms with E-state index in [1.807, 2.05) is 19.1 Å². The Kier molecular flexibility index (Phi) is 4.54. The number of carbonyl (C=O) groups is 1. The van der Waals surface area contributed by atoms with Gasteiger partial charge in [-0.2, -0.15) is 0 Å². The third-order valence-electron chi connectivity index (χ3n) is 2.84. The van der Waals surface area contributed by atoms with Crippen molar-refractivity contribution in [2.24, 2.45) is 0 Å². The fraction of sp³-hybridized carbons (Fsp3) is 0.167. The average molecular weight is 298 g/mol. The van der Waals surface area contributed by atoms with Gasteiger partial charge in [0.2, 0.25) is 0 Å². The molecule has 3 aromatic rings. The summed E-state index contributed by atoms with van der Waals surface area (Å²) >= 11 is 1.33. The number of carboxylic acids is 1. The molecule has 0 aliphatic rings.